The number of nitrogens with zero attached hydrogens (tertiary/aromatic N) is 3. The molecule has 6 nitrogen and oxygen atoms in total. The molecular weight excluding hydrogens is 348 g/mol. The van der Waals surface area contributed by atoms with Gasteiger partial charge in [-0.25, -0.2) is 4.98 Å². The Bertz CT molecular complexity index is 619. The van der Waals surface area contributed by atoms with Crippen LogP contribution in [0.2, 0.25) is 0 Å². The molecule has 0 saturated carbocycles. The number of rotatable bonds is 6. The van der Waals surface area contributed by atoms with Crippen LogP contribution in [0.5, 0.6) is 0 Å². The number of likely N-dealkylation sites (tertiary alicyclic amines) is 2. The summed E-state index contributed by atoms with van der Waals surface area (Å²) < 4.78 is 0. The Morgan fingerprint density at radius 2 is 2.23 bits per heavy atom. The van der Waals surface area contributed by atoms with Gasteiger partial charge in [0.25, 0.3) is 0 Å². The van der Waals surface area contributed by atoms with Crippen LogP contribution >= 0.6 is 11.8 Å². The Balaban J connectivity index is 1.59. The number of aromatic nitrogens is 2. The fraction of sp³-hybridized carbons (Fsp3) is 0.737. The van der Waals surface area contributed by atoms with E-state index >= 15 is 0 Å². The Morgan fingerprint density at radius 1 is 1.38 bits per heavy atom. The SMILES string of the molecule is CC(C)SCC(=O)N1CCC[C@@]2(CCC(=O)N(CCc3cnc[nH]3)C2)C1. The van der Waals surface area contributed by atoms with Gasteiger partial charge in [0.05, 0.1) is 12.1 Å². The van der Waals surface area contributed by atoms with Crippen molar-refractivity contribution in [2.24, 2.45) is 5.41 Å². The third-order valence-corrected chi connectivity index (χ3v) is 6.59. The van der Waals surface area contributed by atoms with Gasteiger partial charge in [0.1, 0.15) is 0 Å². The normalized spacial score (nSPS) is 23.9. The first-order chi connectivity index (χ1) is 12.5. The first-order valence-corrected chi connectivity index (χ1v) is 10.7. The molecule has 0 radical (unpaired) electrons. The number of thioether (sulfide) groups is 1. The lowest BCUT2D eigenvalue weighted by atomic mass is 9.73. The smallest absolute Gasteiger partial charge is 0.232 e. The number of hydrogen-bond acceptors (Lipinski definition) is 4. The van der Waals surface area contributed by atoms with Crippen molar-refractivity contribution in [2.75, 3.05) is 31.9 Å². The highest BCUT2D eigenvalue weighted by atomic mass is 32.2. The first kappa shape index (κ1) is 19.3. The summed E-state index contributed by atoms with van der Waals surface area (Å²) in [5, 5.41) is 0.475. The Hall–Kier alpha value is -1.50. The average molecular weight is 379 g/mol. The molecule has 26 heavy (non-hydrogen) atoms. The molecule has 1 atom stereocenters. The van der Waals surface area contributed by atoms with Gasteiger partial charge in [-0.05, 0) is 24.5 Å². The lowest BCUT2D eigenvalue weighted by Gasteiger charge is -2.48. The van der Waals surface area contributed by atoms with Crippen molar-refractivity contribution >= 4 is 23.6 Å². The van der Waals surface area contributed by atoms with Gasteiger partial charge < -0.3 is 14.8 Å². The summed E-state index contributed by atoms with van der Waals surface area (Å²) in [6.45, 7) is 7.42. The van der Waals surface area contributed by atoms with Crippen LogP contribution in [0.15, 0.2) is 12.5 Å². The summed E-state index contributed by atoms with van der Waals surface area (Å²) in [4.78, 5) is 36.1. The van der Waals surface area contributed by atoms with Gasteiger partial charge >= 0.3 is 0 Å². The molecule has 1 spiro atoms. The largest absolute Gasteiger partial charge is 0.348 e. The number of imidazole rings is 1. The van der Waals surface area contributed by atoms with Gasteiger partial charge in [0.2, 0.25) is 11.8 Å². The molecule has 0 aromatic carbocycles. The van der Waals surface area contributed by atoms with Crippen LogP contribution in [-0.2, 0) is 16.0 Å². The van der Waals surface area contributed by atoms with Crippen molar-refractivity contribution in [3.8, 4) is 0 Å². The zero-order valence-corrected chi connectivity index (χ0v) is 16.7. The van der Waals surface area contributed by atoms with Gasteiger partial charge in [-0.3, -0.25) is 9.59 Å². The summed E-state index contributed by atoms with van der Waals surface area (Å²) in [5.74, 6) is 1.06. The van der Waals surface area contributed by atoms with Crippen molar-refractivity contribution in [2.45, 2.75) is 51.2 Å². The average Bonchev–Trinajstić information content (AvgIpc) is 3.14. The van der Waals surface area contributed by atoms with E-state index in [0.29, 0.717) is 17.4 Å². The lowest BCUT2D eigenvalue weighted by Crippen LogP contribution is -2.55. The third kappa shape index (κ3) is 4.81. The molecule has 7 heteroatoms. The minimum Gasteiger partial charge on any atom is -0.348 e. The molecule has 1 N–H and O–H groups in total. The molecule has 0 bridgehead atoms. The minimum absolute atomic E-state index is 0.0816. The molecular formula is C19H30N4O2S. The number of carbonyl (C=O) groups is 2. The predicted octanol–water partition coefficient (Wildman–Crippen LogP) is 2.33. The molecule has 3 heterocycles. The molecule has 2 aliphatic rings. The third-order valence-electron chi connectivity index (χ3n) is 5.51. The number of amides is 2. The Labute approximate surface area is 160 Å². The van der Waals surface area contributed by atoms with Gasteiger partial charge in [-0.15, -0.1) is 11.8 Å². The number of carbonyl (C=O) groups excluding carboxylic acids is 2. The highest BCUT2D eigenvalue weighted by molar-refractivity contribution is 8.00. The fourth-order valence-corrected chi connectivity index (χ4v) is 4.72. The zero-order chi connectivity index (χ0) is 18.6. The molecule has 2 amide bonds. The molecule has 2 aliphatic heterocycles. The summed E-state index contributed by atoms with van der Waals surface area (Å²) in [6, 6.07) is 0. The van der Waals surface area contributed by atoms with E-state index < -0.39 is 0 Å². The van der Waals surface area contributed by atoms with Crippen LogP contribution in [0.1, 0.15) is 45.2 Å². The van der Waals surface area contributed by atoms with E-state index in [1.165, 1.54) is 0 Å². The molecule has 0 aliphatic carbocycles. The van der Waals surface area contributed by atoms with E-state index in [1.807, 2.05) is 16.0 Å². The van der Waals surface area contributed by atoms with E-state index in [4.69, 9.17) is 0 Å². The maximum atomic E-state index is 12.6. The van der Waals surface area contributed by atoms with Crippen molar-refractivity contribution in [1.82, 2.24) is 19.8 Å². The number of H-pyrrole nitrogens is 1. The van der Waals surface area contributed by atoms with Gasteiger partial charge in [0.15, 0.2) is 0 Å². The maximum Gasteiger partial charge on any atom is 0.232 e. The summed E-state index contributed by atoms with van der Waals surface area (Å²) >= 11 is 1.71. The van der Waals surface area contributed by atoms with Crippen LogP contribution in [0.4, 0.5) is 0 Å². The number of nitrogens with one attached hydrogen (secondary N) is 1. The molecule has 144 valence electrons. The molecule has 2 saturated heterocycles. The van der Waals surface area contributed by atoms with Crippen LogP contribution in [0.3, 0.4) is 0 Å². The number of piperidine rings is 2. The lowest BCUT2D eigenvalue weighted by molar-refractivity contribution is -0.142. The monoisotopic (exact) mass is 378 g/mol. The van der Waals surface area contributed by atoms with E-state index in [9.17, 15) is 9.59 Å². The van der Waals surface area contributed by atoms with Crippen molar-refractivity contribution in [3.63, 3.8) is 0 Å². The van der Waals surface area contributed by atoms with Crippen molar-refractivity contribution in [3.05, 3.63) is 18.2 Å². The summed E-state index contributed by atoms with van der Waals surface area (Å²) in [7, 11) is 0. The molecule has 0 unspecified atom stereocenters. The van der Waals surface area contributed by atoms with Crippen LogP contribution in [0.25, 0.3) is 0 Å². The van der Waals surface area contributed by atoms with Crippen molar-refractivity contribution in [1.29, 1.82) is 0 Å². The number of hydrogen-bond donors (Lipinski definition) is 1. The highest BCUT2D eigenvalue weighted by Gasteiger charge is 2.42. The zero-order valence-electron chi connectivity index (χ0n) is 15.9. The van der Waals surface area contributed by atoms with E-state index in [-0.39, 0.29) is 17.2 Å². The number of aromatic amines is 1. The van der Waals surface area contributed by atoms with E-state index in [0.717, 1.165) is 57.6 Å². The van der Waals surface area contributed by atoms with Crippen LogP contribution in [0, 0.1) is 5.41 Å². The maximum absolute atomic E-state index is 12.6. The molecule has 1 aromatic heterocycles. The van der Waals surface area contributed by atoms with E-state index in [1.54, 1.807) is 18.1 Å². The van der Waals surface area contributed by atoms with Crippen LogP contribution < -0.4 is 0 Å². The van der Waals surface area contributed by atoms with Gasteiger partial charge in [-0.1, -0.05) is 13.8 Å². The van der Waals surface area contributed by atoms with Gasteiger partial charge in [0, 0.05) is 56.3 Å². The second kappa shape index (κ2) is 8.46. The second-order valence-electron chi connectivity index (χ2n) is 7.92. The Kier molecular flexibility index (Phi) is 6.27. The van der Waals surface area contributed by atoms with Gasteiger partial charge in [-0.2, -0.15) is 0 Å². The predicted molar refractivity (Wildman–Crippen MR) is 104 cm³/mol. The summed E-state index contributed by atoms with van der Waals surface area (Å²) in [6.07, 6.45) is 7.96. The Morgan fingerprint density at radius 3 is 2.96 bits per heavy atom. The quantitative estimate of drug-likeness (QED) is 0.825. The molecule has 2 fully saturated rings. The first-order valence-electron chi connectivity index (χ1n) is 9.62. The van der Waals surface area contributed by atoms with Crippen molar-refractivity contribution < 1.29 is 9.59 Å². The van der Waals surface area contributed by atoms with E-state index in [2.05, 4.69) is 23.8 Å². The fourth-order valence-electron chi connectivity index (χ4n) is 4.07. The molecule has 1 aromatic rings. The minimum atomic E-state index is 0.0816. The van der Waals surface area contributed by atoms with Crippen LogP contribution in [-0.4, -0.2) is 68.8 Å². The standard InChI is InChI=1S/C19H30N4O2S/c1-15(2)26-11-18(25)22-8-3-6-19(12-22)7-4-17(24)23(13-19)9-5-16-10-20-14-21-16/h10,14-15H,3-9,11-13H2,1-2H3,(H,20,21)/t19-/m1/s1. The molecule has 3 rings (SSSR count). The highest BCUT2D eigenvalue weighted by Crippen LogP contribution is 2.39. The second-order valence-corrected chi connectivity index (χ2v) is 9.49. The summed E-state index contributed by atoms with van der Waals surface area (Å²) in [5.41, 5.74) is 1.14. The topological polar surface area (TPSA) is 69.3 Å².